The highest BCUT2D eigenvalue weighted by Crippen LogP contribution is 2.25. The minimum atomic E-state index is -0.147. The first-order valence-electron chi connectivity index (χ1n) is 11.5. The summed E-state index contributed by atoms with van der Waals surface area (Å²) in [5, 5.41) is 0.577. The number of carbonyl (C=O) groups is 1. The number of aromatic nitrogens is 2. The SMILES string of the molecule is CCOc1cccc(-c2ccc(C(=O)N3CCN(c4nc5ccccc5c(=O)[nH]4)CC3)cc2)c1. The molecule has 172 valence electrons. The quantitative estimate of drug-likeness (QED) is 0.494. The second-order valence-corrected chi connectivity index (χ2v) is 8.22. The van der Waals surface area contributed by atoms with Gasteiger partial charge in [-0.2, -0.15) is 0 Å². The van der Waals surface area contributed by atoms with Gasteiger partial charge < -0.3 is 14.5 Å². The maximum absolute atomic E-state index is 13.1. The first kappa shape index (κ1) is 21.7. The summed E-state index contributed by atoms with van der Waals surface area (Å²) in [5.41, 5.74) is 3.28. The predicted molar refractivity (Wildman–Crippen MR) is 134 cm³/mol. The molecule has 1 N–H and O–H groups in total. The van der Waals surface area contributed by atoms with Gasteiger partial charge in [-0.3, -0.25) is 14.6 Å². The van der Waals surface area contributed by atoms with E-state index in [0.29, 0.717) is 55.2 Å². The van der Waals surface area contributed by atoms with Crippen molar-refractivity contribution in [3.05, 3.63) is 88.7 Å². The fourth-order valence-electron chi connectivity index (χ4n) is 4.27. The summed E-state index contributed by atoms with van der Waals surface area (Å²) in [6.07, 6.45) is 0. The molecular formula is C27H26N4O3. The zero-order chi connectivity index (χ0) is 23.5. The van der Waals surface area contributed by atoms with Gasteiger partial charge in [0.1, 0.15) is 5.75 Å². The first-order valence-corrected chi connectivity index (χ1v) is 11.5. The third-order valence-corrected chi connectivity index (χ3v) is 6.08. The number of fused-ring (bicyclic) bond motifs is 1. The van der Waals surface area contributed by atoms with Crippen molar-refractivity contribution in [1.82, 2.24) is 14.9 Å². The number of aromatic amines is 1. The lowest BCUT2D eigenvalue weighted by Gasteiger charge is -2.35. The molecule has 5 rings (SSSR count). The van der Waals surface area contributed by atoms with E-state index in [1.54, 1.807) is 6.07 Å². The van der Waals surface area contributed by atoms with Gasteiger partial charge in [0.05, 0.1) is 17.5 Å². The largest absolute Gasteiger partial charge is 0.494 e. The van der Waals surface area contributed by atoms with Crippen molar-refractivity contribution in [2.24, 2.45) is 0 Å². The molecule has 1 aromatic heterocycles. The number of hydrogen-bond donors (Lipinski definition) is 1. The number of anilines is 1. The highest BCUT2D eigenvalue weighted by Gasteiger charge is 2.23. The molecule has 0 aliphatic carbocycles. The summed E-state index contributed by atoms with van der Waals surface area (Å²) in [7, 11) is 0. The summed E-state index contributed by atoms with van der Waals surface area (Å²) in [6.45, 7) is 4.92. The summed E-state index contributed by atoms with van der Waals surface area (Å²) >= 11 is 0. The molecule has 4 aromatic rings. The van der Waals surface area contributed by atoms with Crippen LogP contribution in [-0.2, 0) is 0 Å². The molecule has 0 atom stereocenters. The number of ether oxygens (including phenoxy) is 1. The normalized spacial score (nSPS) is 13.8. The van der Waals surface area contributed by atoms with E-state index in [1.165, 1.54) is 0 Å². The zero-order valence-electron chi connectivity index (χ0n) is 19.0. The minimum absolute atomic E-state index is 0.00855. The maximum Gasteiger partial charge on any atom is 0.260 e. The van der Waals surface area contributed by atoms with Crippen LogP contribution in [0, 0.1) is 0 Å². The van der Waals surface area contributed by atoms with Crippen molar-refractivity contribution < 1.29 is 9.53 Å². The summed E-state index contributed by atoms with van der Waals surface area (Å²) in [6, 6.07) is 22.9. The van der Waals surface area contributed by atoms with Gasteiger partial charge in [-0.15, -0.1) is 0 Å². The number of amides is 1. The number of H-pyrrole nitrogens is 1. The van der Waals surface area contributed by atoms with Crippen molar-refractivity contribution >= 4 is 22.8 Å². The van der Waals surface area contributed by atoms with E-state index >= 15 is 0 Å². The highest BCUT2D eigenvalue weighted by molar-refractivity contribution is 5.95. The molecular weight excluding hydrogens is 428 g/mol. The molecule has 0 radical (unpaired) electrons. The molecule has 1 saturated heterocycles. The number of hydrogen-bond acceptors (Lipinski definition) is 5. The Labute approximate surface area is 197 Å². The van der Waals surface area contributed by atoms with Crippen molar-refractivity contribution in [2.45, 2.75) is 6.92 Å². The van der Waals surface area contributed by atoms with E-state index in [2.05, 4.69) is 9.97 Å². The van der Waals surface area contributed by atoms with Crippen molar-refractivity contribution in [3.63, 3.8) is 0 Å². The molecule has 0 saturated carbocycles. The fourth-order valence-corrected chi connectivity index (χ4v) is 4.27. The van der Waals surface area contributed by atoms with E-state index in [-0.39, 0.29) is 11.5 Å². The molecule has 7 heteroatoms. The number of nitrogens with one attached hydrogen (secondary N) is 1. The second kappa shape index (κ2) is 9.39. The third kappa shape index (κ3) is 4.37. The standard InChI is InChI=1S/C27H26N4O3/c1-2-34-22-7-5-6-21(18-22)19-10-12-20(13-11-19)26(33)30-14-16-31(17-15-30)27-28-24-9-4-3-8-23(24)25(32)29-27/h3-13,18H,2,14-17H2,1H3,(H,28,29,32). The lowest BCUT2D eigenvalue weighted by Crippen LogP contribution is -2.49. The first-order chi connectivity index (χ1) is 16.6. The van der Waals surface area contributed by atoms with Gasteiger partial charge in [0.15, 0.2) is 0 Å². The number of piperazine rings is 1. The van der Waals surface area contributed by atoms with E-state index in [9.17, 15) is 9.59 Å². The molecule has 1 aliphatic heterocycles. The molecule has 0 unspecified atom stereocenters. The number of nitrogens with zero attached hydrogens (tertiary/aromatic N) is 3. The van der Waals surface area contributed by atoms with Crippen molar-refractivity contribution in [1.29, 1.82) is 0 Å². The lowest BCUT2D eigenvalue weighted by atomic mass is 10.0. The molecule has 34 heavy (non-hydrogen) atoms. The van der Waals surface area contributed by atoms with Gasteiger partial charge >= 0.3 is 0 Å². The van der Waals surface area contributed by atoms with Crippen molar-refractivity contribution in [3.8, 4) is 16.9 Å². The number of para-hydroxylation sites is 1. The van der Waals surface area contributed by atoms with Crippen LogP contribution >= 0.6 is 0 Å². The van der Waals surface area contributed by atoms with Gasteiger partial charge in [0.2, 0.25) is 5.95 Å². The van der Waals surface area contributed by atoms with Gasteiger partial charge in [-0.1, -0.05) is 36.4 Å². The van der Waals surface area contributed by atoms with Crippen LogP contribution in [0.2, 0.25) is 0 Å². The zero-order valence-corrected chi connectivity index (χ0v) is 19.0. The van der Waals surface area contributed by atoms with Crippen LogP contribution in [-0.4, -0.2) is 53.6 Å². The molecule has 0 spiro atoms. The van der Waals surface area contributed by atoms with Gasteiger partial charge in [0.25, 0.3) is 11.5 Å². The Hall–Kier alpha value is -4.13. The van der Waals surface area contributed by atoms with Gasteiger partial charge in [-0.05, 0) is 54.4 Å². The molecule has 3 aromatic carbocycles. The molecule has 1 fully saturated rings. The Morgan fingerprint density at radius 3 is 2.47 bits per heavy atom. The van der Waals surface area contributed by atoms with E-state index in [4.69, 9.17) is 4.74 Å². The molecule has 2 heterocycles. The van der Waals surface area contributed by atoms with E-state index < -0.39 is 0 Å². The van der Waals surface area contributed by atoms with Crippen LogP contribution in [0.25, 0.3) is 22.0 Å². The second-order valence-electron chi connectivity index (χ2n) is 8.22. The van der Waals surface area contributed by atoms with Gasteiger partial charge in [0, 0.05) is 31.7 Å². The Balaban J connectivity index is 1.25. The lowest BCUT2D eigenvalue weighted by molar-refractivity contribution is 0.0746. The number of rotatable bonds is 5. The Bertz CT molecular complexity index is 1370. The molecule has 7 nitrogen and oxygen atoms in total. The summed E-state index contributed by atoms with van der Waals surface area (Å²) < 4.78 is 5.59. The fraction of sp³-hybridized carbons (Fsp3) is 0.222. The van der Waals surface area contributed by atoms with Gasteiger partial charge in [-0.25, -0.2) is 4.98 Å². The Kier molecular flexibility index (Phi) is 5.99. The van der Waals surface area contributed by atoms with E-state index in [1.807, 2.05) is 83.5 Å². The Morgan fingerprint density at radius 1 is 0.941 bits per heavy atom. The molecule has 0 bridgehead atoms. The van der Waals surface area contributed by atoms with Crippen LogP contribution in [0.4, 0.5) is 5.95 Å². The third-order valence-electron chi connectivity index (χ3n) is 6.08. The minimum Gasteiger partial charge on any atom is -0.494 e. The van der Waals surface area contributed by atoms with E-state index in [0.717, 1.165) is 16.9 Å². The average molecular weight is 455 g/mol. The van der Waals surface area contributed by atoms with Crippen LogP contribution in [0.3, 0.4) is 0 Å². The van der Waals surface area contributed by atoms with Crippen LogP contribution in [0.1, 0.15) is 17.3 Å². The predicted octanol–water partition coefficient (Wildman–Crippen LogP) is 3.95. The number of benzene rings is 3. The Morgan fingerprint density at radius 2 is 1.71 bits per heavy atom. The summed E-state index contributed by atoms with van der Waals surface area (Å²) in [5.74, 6) is 1.39. The maximum atomic E-state index is 13.1. The molecule has 1 aliphatic rings. The van der Waals surface area contributed by atoms with Crippen LogP contribution in [0.15, 0.2) is 77.6 Å². The smallest absolute Gasteiger partial charge is 0.260 e. The number of carbonyl (C=O) groups excluding carboxylic acids is 1. The van der Waals surface area contributed by atoms with Crippen LogP contribution < -0.4 is 15.2 Å². The highest BCUT2D eigenvalue weighted by atomic mass is 16.5. The van der Waals surface area contributed by atoms with Crippen molar-refractivity contribution in [2.75, 3.05) is 37.7 Å². The monoisotopic (exact) mass is 454 g/mol. The average Bonchev–Trinajstić information content (AvgIpc) is 2.89. The molecule has 1 amide bonds. The van der Waals surface area contributed by atoms with Crippen LogP contribution in [0.5, 0.6) is 5.75 Å². The summed E-state index contributed by atoms with van der Waals surface area (Å²) in [4.78, 5) is 36.8. The topological polar surface area (TPSA) is 78.5 Å².